The van der Waals surface area contributed by atoms with Crippen molar-refractivity contribution in [2.75, 3.05) is 19.7 Å². The second-order valence-electron chi connectivity index (χ2n) is 5.43. The van der Waals surface area contributed by atoms with Gasteiger partial charge in [0.25, 0.3) is 0 Å². The molecular weight excluding hydrogens is 340 g/mol. The van der Waals surface area contributed by atoms with Crippen LogP contribution in [0.25, 0.3) is 5.65 Å². The van der Waals surface area contributed by atoms with Crippen LogP contribution >= 0.6 is 11.6 Å². The van der Waals surface area contributed by atoms with Crippen LogP contribution < -0.4 is 15.4 Å². The monoisotopic (exact) mass is 358 g/mol. The van der Waals surface area contributed by atoms with E-state index in [9.17, 15) is 4.79 Å². The normalized spacial score (nSPS) is 10.6. The number of amides is 2. The molecule has 0 aliphatic rings. The Hall–Kier alpha value is -2.73. The van der Waals surface area contributed by atoms with E-state index in [-0.39, 0.29) is 6.03 Å². The van der Waals surface area contributed by atoms with Gasteiger partial charge in [-0.1, -0.05) is 17.7 Å². The SMILES string of the molecule is O=C(NCCOc1ccc(Cl)cc1)NCCc1cn2ccccc2n1. The summed E-state index contributed by atoms with van der Waals surface area (Å²) >= 11 is 5.80. The Bertz CT molecular complexity index is 799. The predicted molar refractivity (Wildman–Crippen MR) is 97.2 cm³/mol. The van der Waals surface area contributed by atoms with E-state index in [0.29, 0.717) is 31.1 Å². The average molecular weight is 359 g/mol. The van der Waals surface area contributed by atoms with Crippen LogP contribution in [0.2, 0.25) is 5.02 Å². The van der Waals surface area contributed by atoms with Crippen LogP contribution in [0.1, 0.15) is 5.69 Å². The van der Waals surface area contributed by atoms with Gasteiger partial charge < -0.3 is 19.8 Å². The maximum Gasteiger partial charge on any atom is 0.314 e. The molecular formula is C18H19ClN4O2. The van der Waals surface area contributed by atoms with Crippen molar-refractivity contribution in [3.8, 4) is 5.75 Å². The summed E-state index contributed by atoms with van der Waals surface area (Å²) in [5.74, 6) is 0.721. The average Bonchev–Trinajstić information content (AvgIpc) is 3.03. The maximum atomic E-state index is 11.7. The van der Waals surface area contributed by atoms with Crippen LogP contribution in [0.5, 0.6) is 5.75 Å². The summed E-state index contributed by atoms with van der Waals surface area (Å²) < 4.78 is 7.47. The summed E-state index contributed by atoms with van der Waals surface area (Å²) in [6, 6.07) is 12.7. The number of fused-ring (bicyclic) bond motifs is 1. The predicted octanol–water partition coefficient (Wildman–Crippen LogP) is 2.91. The molecule has 3 aromatic rings. The number of ether oxygens (including phenoxy) is 1. The van der Waals surface area contributed by atoms with Gasteiger partial charge in [-0.2, -0.15) is 0 Å². The molecule has 0 radical (unpaired) electrons. The van der Waals surface area contributed by atoms with E-state index in [1.165, 1.54) is 0 Å². The minimum Gasteiger partial charge on any atom is -0.492 e. The molecule has 7 heteroatoms. The Labute approximate surface area is 150 Å². The molecule has 0 saturated carbocycles. The topological polar surface area (TPSA) is 67.7 Å². The molecule has 0 fully saturated rings. The molecule has 3 rings (SSSR count). The van der Waals surface area contributed by atoms with Crippen LogP contribution in [-0.4, -0.2) is 35.1 Å². The number of rotatable bonds is 7. The fourth-order valence-electron chi connectivity index (χ4n) is 2.34. The van der Waals surface area contributed by atoms with Crippen molar-refractivity contribution in [1.82, 2.24) is 20.0 Å². The molecule has 2 heterocycles. The number of carbonyl (C=O) groups is 1. The minimum absolute atomic E-state index is 0.219. The highest BCUT2D eigenvalue weighted by molar-refractivity contribution is 6.30. The highest BCUT2D eigenvalue weighted by atomic mass is 35.5. The first-order valence-corrected chi connectivity index (χ1v) is 8.41. The number of halogens is 1. The second kappa shape index (κ2) is 8.39. The number of aromatic nitrogens is 2. The molecule has 25 heavy (non-hydrogen) atoms. The molecule has 0 aliphatic carbocycles. The van der Waals surface area contributed by atoms with E-state index in [2.05, 4.69) is 15.6 Å². The van der Waals surface area contributed by atoms with Crippen molar-refractivity contribution in [1.29, 1.82) is 0 Å². The third-order valence-corrected chi connectivity index (χ3v) is 3.80. The fourth-order valence-corrected chi connectivity index (χ4v) is 2.46. The molecule has 0 unspecified atom stereocenters. The van der Waals surface area contributed by atoms with Crippen LogP contribution in [0, 0.1) is 0 Å². The van der Waals surface area contributed by atoms with E-state index in [1.54, 1.807) is 24.3 Å². The molecule has 1 aromatic carbocycles. The third-order valence-electron chi connectivity index (χ3n) is 3.55. The van der Waals surface area contributed by atoms with Crippen molar-refractivity contribution >= 4 is 23.3 Å². The first-order chi connectivity index (χ1) is 12.2. The van der Waals surface area contributed by atoms with Gasteiger partial charge in [-0.25, -0.2) is 9.78 Å². The summed E-state index contributed by atoms with van der Waals surface area (Å²) in [7, 11) is 0. The Kier molecular flexibility index (Phi) is 5.74. The molecule has 130 valence electrons. The molecule has 0 aliphatic heterocycles. The standard InChI is InChI=1S/C18H19ClN4O2/c19-14-4-6-16(7-5-14)25-12-10-21-18(24)20-9-8-15-13-23-11-2-1-3-17(23)22-15/h1-7,11,13H,8-10,12H2,(H2,20,21,24). The summed E-state index contributed by atoms with van der Waals surface area (Å²) in [6.07, 6.45) is 4.60. The largest absolute Gasteiger partial charge is 0.492 e. The minimum atomic E-state index is -0.219. The van der Waals surface area contributed by atoms with Crippen LogP contribution in [0.15, 0.2) is 54.9 Å². The maximum absolute atomic E-state index is 11.7. The van der Waals surface area contributed by atoms with E-state index in [4.69, 9.17) is 16.3 Å². The lowest BCUT2D eigenvalue weighted by Crippen LogP contribution is -2.38. The highest BCUT2D eigenvalue weighted by Gasteiger charge is 2.03. The van der Waals surface area contributed by atoms with Crippen LogP contribution in [-0.2, 0) is 6.42 Å². The number of nitrogens with zero attached hydrogens (tertiary/aromatic N) is 2. The third kappa shape index (κ3) is 5.12. The molecule has 2 aromatic heterocycles. The summed E-state index contributed by atoms with van der Waals surface area (Å²) in [6.45, 7) is 1.33. The molecule has 0 spiro atoms. The molecule has 0 saturated heterocycles. The first-order valence-electron chi connectivity index (χ1n) is 8.03. The fraction of sp³-hybridized carbons (Fsp3) is 0.222. The molecule has 2 amide bonds. The van der Waals surface area contributed by atoms with Gasteiger partial charge >= 0.3 is 6.03 Å². The van der Waals surface area contributed by atoms with E-state index in [1.807, 2.05) is 35.0 Å². The van der Waals surface area contributed by atoms with Crippen molar-refractivity contribution in [2.24, 2.45) is 0 Å². The Morgan fingerprint density at radius 1 is 1.12 bits per heavy atom. The van der Waals surface area contributed by atoms with E-state index in [0.717, 1.165) is 17.1 Å². The van der Waals surface area contributed by atoms with Crippen molar-refractivity contribution in [3.05, 3.63) is 65.6 Å². The summed E-state index contributed by atoms with van der Waals surface area (Å²) in [4.78, 5) is 16.2. The van der Waals surface area contributed by atoms with E-state index < -0.39 is 0 Å². The summed E-state index contributed by atoms with van der Waals surface area (Å²) in [5.41, 5.74) is 1.85. The number of carbonyl (C=O) groups excluding carboxylic acids is 1. The van der Waals surface area contributed by atoms with Gasteiger partial charge in [0.2, 0.25) is 0 Å². The zero-order valence-corrected chi connectivity index (χ0v) is 14.4. The Morgan fingerprint density at radius 2 is 1.92 bits per heavy atom. The molecule has 0 bridgehead atoms. The first kappa shape index (κ1) is 17.1. The van der Waals surface area contributed by atoms with Crippen LogP contribution in [0.4, 0.5) is 4.79 Å². The van der Waals surface area contributed by atoms with Gasteiger partial charge in [0.15, 0.2) is 0 Å². The zero-order valence-electron chi connectivity index (χ0n) is 13.6. The van der Waals surface area contributed by atoms with Crippen molar-refractivity contribution < 1.29 is 9.53 Å². The van der Waals surface area contributed by atoms with Gasteiger partial charge in [-0.05, 0) is 36.4 Å². The Balaban J connectivity index is 1.32. The van der Waals surface area contributed by atoms with Gasteiger partial charge in [0.1, 0.15) is 18.0 Å². The van der Waals surface area contributed by atoms with Gasteiger partial charge in [-0.15, -0.1) is 0 Å². The zero-order chi connectivity index (χ0) is 17.5. The smallest absolute Gasteiger partial charge is 0.314 e. The number of imidazole rings is 1. The number of hydrogen-bond donors (Lipinski definition) is 2. The molecule has 6 nitrogen and oxygen atoms in total. The number of nitrogens with one attached hydrogen (secondary N) is 2. The summed E-state index contributed by atoms with van der Waals surface area (Å²) in [5, 5.41) is 6.22. The van der Waals surface area contributed by atoms with Gasteiger partial charge in [0.05, 0.1) is 12.2 Å². The quantitative estimate of drug-likeness (QED) is 0.638. The molecule has 0 atom stereocenters. The highest BCUT2D eigenvalue weighted by Crippen LogP contribution is 2.15. The second-order valence-corrected chi connectivity index (χ2v) is 5.87. The van der Waals surface area contributed by atoms with Gasteiger partial charge in [-0.3, -0.25) is 0 Å². The van der Waals surface area contributed by atoms with Crippen molar-refractivity contribution in [3.63, 3.8) is 0 Å². The number of hydrogen-bond acceptors (Lipinski definition) is 3. The molecule has 2 N–H and O–H groups in total. The van der Waals surface area contributed by atoms with E-state index >= 15 is 0 Å². The lowest BCUT2D eigenvalue weighted by Gasteiger charge is -2.08. The van der Waals surface area contributed by atoms with Crippen molar-refractivity contribution in [2.45, 2.75) is 6.42 Å². The lowest BCUT2D eigenvalue weighted by molar-refractivity contribution is 0.236. The Morgan fingerprint density at radius 3 is 2.72 bits per heavy atom. The lowest BCUT2D eigenvalue weighted by atomic mass is 10.3. The number of urea groups is 1. The number of benzene rings is 1. The van der Waals surface area contributed by atoms with Crippen LogP contribution in [0.3, 0.4) is 0 Å². The number of pyridine rings is 1. The van der Waals surface area contributed by atoms with Gasteiger partial charge in [0, 0.05) is 30.4 Å².